The largest absolute Gasteiger partial charge is 0.422 e. The fraction of sp³-hybridized carbons (Fsp3) is 0.154. The highest BCUT2D eigenvalue weighted by atomic mass is 16.4. The maximum atomic E-state index is 13.0. The Balaban J connectivity index is 1.59. The molecule has 33 heavy (non-hydrogen) atoms. The Labute approximate surface area is 188 Å². The molecule has 0 amide bonds. The SMILES string of the molecule is CCN(CC)c1ccc2cc(-c3nc4c5cccnc5c5ncccc5c4[nH]3)c(=O)oc2c1. The summed E-state index contributed by atoms with van der Waals surface area (Å²) in [7, 11) is 0. The van der Waals surface area contributed by atoms with Crippen LogP contribution in [0.4, 0.5) is 5.69 Å². The van der Waals surface area contributed by atoms with Crippen LogP contribution >= 0.6 is 0 Å². The van der Waals surface area contributed by atoms with Crippen LogP contribution in [0.5, 0.6) is 0 Å². The van der Waals surface area contributed by atoms with Crippen molar-refractivity contribution in [3.8, 4) is 11.4 Å². The molecule has 4 aromatic heterocycles. The molecule has 7 nitrogen and oxygen atoms in total. The van der Waals surface area contributed by atoms with Crippen LogP contribution in [0, 0.1) is 0 Å². The summed E-state index contributed by atoms with van der Waals surface area (Å²) in [6.07, 6.45) is 3.50. The van der Waals surface area contributed by atoms with Crippen molar-refractivity contribution in [2.75, 3.05) is 18.0 Å². The summed E-state index contributed by atoms with van der Waals surface area (Å²) in [6, 6.07) is 15.5. The lowest BCUT2D eigenvalue weighted by Gasteiger charge is -2.20. The van der Waals surface area contributed by atoms with E-state index in [4.69, 9.17) is 9.40 Å². The monoisotopic (exact) mass is 435 g/mol. The van der Waals surface area contributed by atoms with E-state index >= 15 is 0 Å². The first-order valence-corrected chi connectivity index (χ1v) is 11.0. The molecule has 0 saturated carbocycles. The number of imidazole rings is 1. The Hall–Kier alpha value is -4.26. The normalized spacial score (nSPS) is 11.7. The van der Waals surface area contributed by atoms with Gasteiger partial charge in [-0.1, -0.05) is 0 Å². The number of anilines is 1. The van der Waals surface area contributed by atoms with Crippen LogP contribution < -0.4 is 10.5 Å². The summed E-state index contributed by atoms with van der Waals surface area (Å²) in [4.78, 5) is 32.4. The molecule has 0 aliphatic carbocycles. The highest BCUT2D eigenvalue weighted by Crippen LogP contribution is 2.33. The highest BCUT2D eigenvalue weighted by Gasteiger charge is 2.18. The van der Waals surface area contributed by atoms with Crippen molar-refractivity contribution in [3.05, 3.63) is 71.3 Å². The van der Waals surface area contributed by atoms with E-state index in [9.17, 15) is 4.79 Å². The lowest BCUT2D eigenvalue weighted by atomic mass is 10.1. The van der Waals surface area contributed by atoms with Crippen LogP contribution in [-0.4, -0.2) is 33.0 Å². The first-order chi connectivity index (χ1) is 16.2. The molecular weight excluding hydrogens is 414 g/mol. The van der Waals surface area contributed by atoms with Crippen molar-refractivity contribution >= 4 is 49.5 Å². The van der Waals surface area contributed by atoms with Crippen LogP contribution in [0.2, 0.25) is 0 Å². The van der Waals surface area contributed by atoms with Crippen LogP contribution in [-0.2, 0) is 0 Å². The molecule has 0 bridgehead atoms. The second kappa shape index (κ2) is 7.41. The van der Waals surface area contributed by atoms with E-state index in [0.29, 0.717) is 17.0 Å². The molecule has 4 heterocycles. The van der Waals surface area contributed by atoms with Crippen LogP contribution in [0.15, 0.2) is 70.1 Å². The average molecular weight is 435 g/mol. The Morgan fingerprint density at radius 1 is 0.909 bits per heavy atom. The molecule has 162 valence electrons. The van der Waals surface area contributed by atoms with E-state index in [0.717, 1.165) is 57.0 Å². The number of hydrogen-bond acceptors (Lipinski definition) is 6. The van der Waals surface area contributed by atoms with E-state index in [-0.39, 0.29) is 0 Å². The van der Waals surface area contributed by atoms with Crippen molar-refractivity contribution in [2.24, 2.45) is 0 Å². The summed E-state index contributed by atoms with van der Waals surface area (Å²) in [5.74, 6) is 0.468. The molecule has 6 rings (SSSR count). The number of hydrogen-bond donors (Lipinski definition) is 1. The molecular formula is C26H21N5O2. The quantitative estimate of drug-likeness (QED) is 0.299. The van der Waals surface area contributed by atoms with Gasteiger partial charge in [0.05, 0.1) is 22.1 Å². The maximum absolute atomic E-state index is 13.0. The number of pyridine rings is 2. The average Bonchev–Trinajstić information content (AvgIpc) is 3.30. The third-order valence-electron chi connectivity index (χ3n) is 6.17. The number of aromatic nitrogens is 4. The molecule has 1 N–H and O–H groups in total. The van der Waals surface area contributed by atoms with Gasteiger partial charge >= 0.3 is 5.63 Å². The predicted molar refractivity (Wildman–Crippen MR) is 132 cm³/mol. The summed E-state index contributed by atoms with van der Waals surface area (Å²) in [5.41, 5.74) is 4.72. The minimum absolute atomic E-state index is 0.392. The van der Waals surface area contributed by atoms with Gasteiger partial charge in [0.25, 0.3) is 0 Å². The molecule has 0 aliphatic heterocycles. The van der Waals surface area contributed by atoms with Gasteiger partial charge < -0.3 is 14.3 Å². The van der Waals surface area contributed by atoms with Gasteiger partial charge in [0, 0.05) is 53.4 Å². The molecule has 2 aromatic carbocycles. The minimum Gasteiger partial charge on any atom is -0.422 e. The fourth-order valence-electron chi connectivity index (χ4n) is 4.52. The molecule has 0 atom stereocenters. The number of H-pyrrole nitrogens is 1. The third kappa shape index (κ3) is 2.96. The second-order valence-corrected chi connectivity index (χ2v) is 7.95. The van der Waals surface area contributed by atoms with Crippen LogP contribution in [0.1, 0.15) is 13.8 Å². The number of fused-ring (bicyclic) bond motifs is 7. The number of aromatic amines is 1. The summed E-state index contributed by atoms with van der Waals surface area (Å²) < 4.78 is 5.73. The van der Waals surface area contributed by atoms with E-state index < -0.39 is 5.63 Å². The standard InChI is InChI=1S/C26H21N5O2/c1-3-31(4-2)16-10-9-15-13-19(26(32)33-20(15)14-16)25-29-23-17-7-5-11-27-21(17)22-18(24(23)30-25)8-6-12-28-22/h5-14H,3-4H2,1-2H3,(H,29,30). The topological polar surface area (TPSA) is 87.9 Å². The molecule has 0 saturated heterocycles. The van der Waals surface area contributed by atoms with E-state index in [1.807, 2.05) is 42.5 Å². The van der Waals surface area contributed by atoms with Gasteiger partial charge in [0.1, 0.15) is 17.0 Å². The molecule has 0 fully saturated rings. The third-order valence-corrected chi connectivity index (χ3v) is 6.17. The molecule has 0 aliphatic rings. The minimum atomic E-state index is -0.428. The molecule has 0 radical (unpaired) electrons. The smallest absolute Gasteiger partial charge is 0.347 e. The number of rotatable bonds is 4. The van der Waals surface area contributed by atoms with Gasteiger partial charge in [-0.2, -0.15) is 0 Å². The van der Waals surface area contributed by atoms with Crippen LogP contribution in [0.25, 0.3) is 55.2 Å². The van der Waals surface area contributed by atoms with Gasteiger partial charge in [-0.15, -0.1) is 0 Å². The molecule has 6 aromatic rings. The van der Waals surface area contributed by atoms with Gasteiger partial charge in [-0.3, -0.25) is 9.97 Å². The van der Waals surface area contributed by atoms with E-state index in [1.54, 1.807) is 12.4 Å². The Morgan fingerprint density at radius 3 is 2.39 bits per heavy atom. The lowest BCUT2D eigenvalue weighted by Crippen LogP contribution is -2.21. The molecule has 0 spiro atoms. The Morgan fingerprint density at radius 2 is 1.64 bits per heavy atom. The van der Waals surface area contributed by atoms with Crippen molar-refractivity contribution in [2.45, 2.75) is 13.8 Å². The molecule has 0 unspecified atom stereocenters. The zero-order chi connectivity index (χ0) is 22.5. The van der Waals surface area contributed by atoms with E-state index in [1.165, 1.54) is 0 Å². The second-order valence-electron chi connectivity index (χ2n) is 7.95. The maximum Gasteiger partial charge on any atom is 0.347 e. The Kier molecular flexibility index (Phi) is 4.36. The van der Waals surface area contributed by atoms with Crippen molar-refractivity contribution in [1.82, 2.24) is 19.9 Å². The van der Waals surface area contributed by atoms with Crippen molar-refractivity contribution in [3.63, 3.8) is 0 Å². The number of benzene rings is 2. The Bertz CT molecular complexity index is 1660. The zero-order valence-electron chi connectivity index (χ0n) is 18.3. The summed E-state index contributed by atoms with van der Waals surface area (Å²) in [5, 5.41) is 2.64. The van der Waals surface area contributed by atoms with Gasteiger partial charge in [-0.05, 0) is 56.3 Å². The number of nitrogens with zero attached hydrogens (tertiary/aromatic N) is 4. The fourth-order valence-corrected chi connectivity index (χ4v) is 4.52. The highest BCUT2D eigenvalue weighted by molar-refractivity contribution is 6.21. The first-order valence-electron chi connectivity index (χ1n) is 11.0. The van der Waals surface area contributed by atoms with Gasteiger partial charge in [0.15, 0.2) is 0 Å². The van der Waals surface area contributed by atoms with E-state index in [2.05, 4.69) is 39.8 Å². The van der Waals surface area contributed by atoms with Gasteiger partial charge in [0.2, 0.25) is 0 Å². The first kappa shape index (κ1) is 19.4. The summed E-state index contributed by atoms with van der Waals surface area (Å²) >= 11 is 0. The summed E-state index contributed by atoms with van der Waals surface area (Å²) in [6.45, 7) is 5.98. The molecule has 7 heteroatoms. The lowest BCUT2D eigenvalue weighted by molar-refractivity contribution is 0.563. The predicted octanol–water partition coefficient (Wildman–Crippen LogP) is 5.28. The van der Waals surface area contributed by atoms with Crippen molar-refractivity contribution in [1.29, 1.82) is 0 Å². The van der Waals surface area contributed by atoms with Crippen molar-refractivity contribution < 1.29 is 4.42 Å². The van der Waals surface area contributed by atoms with Gasteiger partial charge in [-0.25, -0.2) is 9.78 Å². The van der Waals surface area contributed by atoms with Crippen LogP contribution in [0.3, 0.4) is 0 Å². The number of nitrogens with one attached hydrogen (secondary N) is 1. The zero-order valence-corrected chi connectivity index (χ0v) is 18.3.